The second kappa shape index (κ2) is 7.12. The number of nitrogens with one attached hydrogen (secondary N) is 1. The second-order valence-corrected chi connectivity index (χ2v) is 5.67. The van der Waals surface area contributed by atoms with Crippen molar-refractivity contribution in [3.05, 3.63) is 48.0 Å². The first-order valence-electron chi connectivity index (χ1n) is 7.70. The van der Waals surface area contributed by atoms with Crippen molar-refractivity contribution in [1.82, 2.24) is 20.1 Å². The van der Waals surface area contributed by atoms with Gasteiger partial charge in [0.2, 0.25) is 0 Å². The van der Waals surface area contributed by atoms with E-state index in [0.29, 0.717) is 19.4 Å². The molecule has 0 bridgehead atoms. The third-order valence-electron chi connectivity index (χ3n) is 4.08. The summed E-state index contributed by atoms with van der Waals surface area (Å²) < 4.78 is 6.86. The third-order valence-corrected chi connectivity index (χ3v) is 4.08. The zero-order valence-electron chi connectivity index (χ0n) is 13.0. The van der Waals surface area contributed by atoms with E-state index in [0.717, 1.165) is 11.4 Å². The maximum absolute atomic E-state index is 11.9. The van der Waals surface area contributed by atoms with Gasteiger partial charge in [0.15, 0.2) is 0 Å². The minimum absolute atomic E-state index is 0.0952. The molecular formula is C16H18N4O4. The Labute approximate surface area is 138 Å². The standard InChI is InChI=1S/C16H18N4O4/c21-15(22)14(12-6-7-20-13(8-12)17-10-18-20)19-16(23)24-9-11-4-2-1-3-5-11/h1-5,10,12,14H,6-9H2,(H,19,23)(H,21,22). The fourth-order valence-electron chi connectivity index (χ4n) is 2.82. The normalized spacial score (nSPS) is 17.6. The molecule has 1 aromatic heterocycles. The predicted molar refractivity (Wildman–Crippen MR) is 83.0 cm³/mol. The van der Waals surface area contributed by atoms with E-state index in [4.69, 9.17) is 4.74 Å². The number of nitrogens with zero attached hydrogens (tertiary/aromatic N) is 3. The van der Waals surface area contributed by atoms with E-state index in [-0.39, 0.29) is 12.5 Å². The van der Waals surface area contributed by atoms with Gasteiger partial charge in [-0.3, -0.25) is 4.68 Å². The number of carboxylic acids is 1. The molecule has 1 aliphatic heterocycles. The van der Waals surface area contributed by atoms with Gasteiger partial charge >= 0.3 is 12.1 Å². The van der Waals surface area contributed by atoms with Gasteiger partial charge in [-0.15, -0.1) is 0 Å². The van der Waals surface area contributed by atoms with Gasteiger partial charge in [-0.25, -0.2) is 14.6 Å². The van der Waals surface area contributed by atoms with Crippen molar-refractivity contribution in [2.75, 3.05) is 0 Å². The van der Waals surface area contributed by atoms with E-state index in [1.54, 1.807) is 4.68 Å². The Morgan fingerprint density at radius 1 is 1.38 bits per heavy atom. The van der Waals surface area contributed by atoms with Crippen LogP contribution >= 0.6 is 0 Å². The number of aliphatic carboxylic acids is 1. The molecule has 0 fully saturated rings. The first-order valence-corrected chi connectivity index (χ1v) is 7.70. The highest BCUT2D eigenvalue weighted by Gasteiger charge is 2.33. The van der Waals surface area contributed by atoms with Crippen molar-refractivity contribution in [3.8, 4) is 0 Å². The van der Waals surface area contributed by atoms with Gasteiger partial charge in [0.05, 0.1) is 0 Å². The Hall–Kier alpha value is -2.90. The summed E-state index contributed by atoms with van der Waals surface area (Å²) >= 11 is 0. The number of carbonyl (C=O) groups excluding carboxylic acids is 1. The van der Waals surface area contributed by atoms with Crippen molar-refractivity contribution in [1.29, 1.82) is 0 Å². The highest BCUT2D eigenvalue weighted by Crippen LogP contribution is 2.21. The molecule has 0 aliphatic carbocycles. The molecule has 0 saturated carbocycles. The number of hydrogen-bond acceptors (Lipinski definition) is 5. The van der Waals surface area contributed by atoms with Gasteiger partial charge in [-0.05, 0) is 17.9 Å². The third kappa shape index (κ3) is 3.70. The van der Waals surface area contributed by atoms with Crippen LogP contribution in [-0.2, 0) is 29.1 Å². The number of hydrogen-bond donors (Lipinski definition) is 2. The number of aromatic nitrogens is 3. The summed E-state index contributed by atoms with van der Waals surface area (Å²) in [6, 6.07) is 8.19. The average Bonchev–Trinajstić information content (AvgIpc) is 3.06. The first-order chi connectivity index (χ1) is 11.6. The van der Waals surface area contributed by atoms with Gasteiger partial charge in [0.25, 0.3) is 0 Å². The number of ether oxygens (including phenoxy) is 1. The van der Waals surface area contributed by atoms with Crippen LogP contribution in [0.25, 0.3) is 0 Å². The zero-order chi connectivity index (χ0) is 16.9. The van der Waals surface area contributed by atoms with Crippen LogP contribution in [0.3, 0.4) is 0 Å². The van der Waals surface area contributed by atoms with Crippen LogP contribution in [0.4, 0.5) is 4.79 Å². The van der Waals surface area contributed by atoms with Gasteiger partial charge in [0.1, 0.15) is 24.8 Å². The van der Waals surface area contributed by atoms with Crippen molar-refractivity contribution >= 4 is 12.1 Å². The summed E-state index contributed by atoms with van der Waals surface area (Å²) in [6.45, 7) is 0.683. The Balaban J connectivity index is 1.58. The topological polar surface area (TPSA) is 106 Å². The molecular weight excluding hydrogens is 312 g/mol. The minimum atomic E-state index is -1.08. The summed E-state index contributed by atoms with van der Waals surface area (Å²) in [5.41, 5.74) is 0.838. The highest BCUT2D eigenvalue weighted by atomic mass is 16.5. The highest BCUT2D eigenvalue weighted by molar-refractivity contribution is 5.80. The molecule has 2 atom stereocenters. The Morgan fingerprint density at radius 3 is 2.92 bits per heavy atom. The smallest absolute Gasteiger partial charge is 0.408 e. The number of rotatable bonds is 5. The molecule has 0 saturated heterocycles. The molecule has 2 unspecified atom stereocenters. The van der Waals surface area contributed by atoms with Gasteiger partial charge < -0.3 is 15.2 Å². The monoisotopic (exact) mass is 330 g/mol. The first kappa shape index (κ1) is 16.0. The predicted octanol–water partition coefficient (Wildman–Crippen LogP) is 1.22. The lowest BCUT2D eigenvalue weighted by Gasteiger charge is -2.27. The van der Waals surface area contributed by atoms with Crippen LogP contribution in [0.15, 0.2) is 36.7 Å². The van der Waals surface area contributed by atoms with Crippen LogP contribution in [-0.4, -0.2) is 38.0 Å². The van der Waals surface area contributed by atoms with E-state index in [2.05, 4.69) is 15.4 Å². The average molecular weight is 330 g/mol. The number of benzene rings is 1. The molecule has 0 spiro atoms. The van der Waals surface area contributed by atoms with Crippen LogP contribution in [0, 0.1) is 5.92 Å². The fourth-order valence-corrected chi connectivity index (χ4v) is 2.82. The molecule has 8 heteroatoms. The number of alkyl carbamates (subject to hydrolysis) is 1. The summed E-state index contributed by atoms with van der Waals surface area (Å²) in [7, 11) is 0. The van der Waals surface area contributed by atoms with Crippen molar-refractivity contribution in [2.45, 2.75) is 32.0 Å². The molecule has 2 heterocycles. The summed E-state index contributed by atoms with van der Waals surface area (Å²) in [6.07, 6.45) is 1.77. The molecule has 2 aromatic rings. The zero-order valence-corrected chi connectivity index (χ0v) is 13.0. The lowest BCUT2D eigenvalue weighted by atomic mass is 9.90. The molecule has 3 rings (SSSR count). The Kier molecular flexibility index (Phi) is 4.74. The molecule has 126 valence electrons. The van der Waals surface area contributed by atoms with E-state index >= 15 is 0 Å². The summed E-state index contributed by atoms with van der Waals surface area (Å²) in [4.78, 5) is 27.6. The minimum Gasteiger partial charge on any atom is -0.480 e. The van der Waals surface area contributed by atoms with E-state index in [1.807, 2.05) is 30.3 Å². The quantitative estimate of drug-likeness (QED) is 0.854. The van der Waals surface area contributed by atoms with Crippen LogP contribution in [0.5, 0.6) is 0 Å². The number of amides is 1. The maximum atomic E-state index is 11.9. The second-order valence-electron chi connectivity index (χ2n) is 5.67. The number of carboxylic acid groups (broad SMARTS) is 1. The lowest BCUT2D eigenvalue weighted by molar-refractivity contribution is -0.141. The summed E-state index contributed by atoms with van der Waals surface area (Å²) in [5, 5.41) is 16.0. The molecule has 1 aliphatic rings. The van der Waals surface area contributed by atoms with Gasteiger partial charge in [-0.2, -0.15) is 5.10 Å². The van der Waals surface area contributed by atoms with Crippen molar-refractivity contribution in [3.63, 3.8) is 0 Å². The largest absolute Gasteiger partial charge is 0.480 e. The fraction of sp³-hybridized carbons (Fsp3) is 0.375. The molecule has 2 N–H and O–H groups in total. The van der Waals surface area contributed by atoms with E-state index < -0.39 is 18.1 Å². The van der Waals surface area contributed by atoms with Crippen molar-refractivity contribution < 1.29 is 19.4 Å². The molecule has 1 amide bonds. The maximum Gasteiger partial charge on any atom is 0.408 e. The van der Waals surface area contributed by atoms with Crippen LogP contribution in [0.2, 0.25) is 0 Å². The molecule has 24 heavy (non-hydrogen) atoms. The SMILES string of the molecule is O=C(NC(C(=O)O)C1CCn2ncnc2C1)OCc1ccccc1. The number of carbonyl (C=O) groups is 2. The van der Waals surface area contributed by atoms with Gasteiger partial charge in [-0.1, -0.05) is 30.3 Å². The molecule has 8 nitrogen and oxygen atoms in total. The number of fused-ring (bicyclic) bond motifs is 1. The number of aryl methyl sites for hydroxylation is 1. The van der Waals surface area contributed by atoms with Crippen LogP contribution in [0.1, 0.15) is 17.8 Å². The Morgan fingerprint density at radius 2 is 2.17 bits per heavy atom. The van der Waals surface area contributed by atoms with E-state index in [9.17, 15) is 14.7 Å². The molecule has 0 radical (unpaired) electrons. The summed E-state index contributed by atoms with van der Waals surface area (Å²) in [5.74, 6) is -0.593. The van der Waals surface area contributed by atoms with Gasteiger partial charge in [0, 0.05) is 13.0 Å². The lowest BCUT2D eigenvalue weighted by Crippen LogP contribution is -2.48. The Bertz CT molecular complexity index is 716. The van der Waals surface area contributed by atoms with Crippen molar-refractivity contribution in [2.24, 2.45) is 5.92 Å². The van der Waals surface area contributed by atoms with E-state index in [1.165, 1.54) is 6.33 Å². The molecule has 1 aromatic carbocycles. The van der Waals surface area contributed by atoms with Crippen LogP contribution < -0.4 is 5.32 Å².